The van der Waals surface area contributed by atoms with E-state index in [2.05, 4.69) is 25.5 Å². The highest BCUT2D eigenvalue weighted by atomic mass is 16.5. The molecule has 0 unspecified atom stereocenters. The van der Waals surface area contributed by atoms with Crippen LogP contribution in [0.25, 0.3) is 11.3 Å². The van der Waals surface area contributed by atoms with Gasteiger partial charge in [-0.3, -0.25) is 14.5 Å². The van der Waals surface area contributed by atoms with Crippen LogP contribution in [0.3, 0.4) is 0 Å². The van der Waals surface area contributed by atoms with Gasteiger partial charge in [0, 0.05) is 49.9 Å². The van der Waals surface area contributed by atoms with Gasteiger partial charge >= 0.3 is 0 Å². The van der Waals surface area contributed by atoms with Crippen molar-refractivity contribution in [3.05, 3.63) is 71.5 Å². The van der Waals surface area contributed by atoms with Crippen LogP contribution >= 0.6 is 0 Å². The van der Waals surface area contributed by atoms with Crippen LogP contribution in [0, 0.1) is 0 Å². The molecule has 4 N–H and O–H groups in total. The molecular weight excluding hydrogens is 460 g/mol. The maximum absolute atomic E-state index is 12.9. The Morgan fingerprint density at radius 3 is 2.72 bits per heavy atom. The van der Waals surface area contributed by atoms with E-state index in [0.717, 1.165) is 44.2 Å². The Bertz CT molecular complexity index is 1210. The molecule has 0 aliphatic carbocycles. The molecule has 1 aliphatic heterocycles. The zero-order valence-electron chi connectivity index (χ0n) is 20.2. The highest BCUT2D eigenvalue weighted by molar-refractivity contribution is 5.97. The second-order valence-corrected chi connectivity index (χ2v) is 8.24. The summed E-state index contributed by atoms with van der Waals surface area (Å²) in [5.74, 6) is 0.119. The molecule has 0 spiro atoms. The molecule has 0 bridgehead atoms. The molecular formula is C26H30N6O4. The number of para-hydroxylation sites is 1. The van der Waals surface area contributed by atoms with Crippen molar-refractivity contribution in [1.29, 1.82) is 0 Å². The maximum atomic E-state index is 12.9. The smallest absolute Gasteiger partial charge is 0.273 e. The van der Waals surface area contributed by atoms with Crippen molar-refractivity contribution >= 4 is 17.6 Å². The minimum atomic E-state index is -0.429. The van der Waals surface area contributed by atoms with E-state index in [-0.39, 0.29) is 17.4 Å². The molecule has 36 heavy (non-hydrogen) atoms. The quantitative estimate of drug-likeness (QED) is 0.413. The molecule has 0 saturated carbocycles. The molecule has 1 saturated heterocycles. The van der Waals surface area contributed by atoms with Crippen LogP contribution in [0.15, 0.2) is 54.7 Å². The van der Waals surface area contributed by atoms with Crippen molar-refractivity contribution in [3.63, 3.8) is 0 Å². The summed E-state index contributed by atoms with van der Waals surface area (Å²) in [5.41, 5.74) is 8.25. The molecule has 1 fully saturated rings. The molecule has 10 heteroatoms. The fraction of sp³-hybridized carbons (Fsp3) is 0.308. The van der Waals surface area contributed by atoms with E-state index in [4.69, 9.17) is 15.2 Å². The highest BCUT2D eigenvalue weighted by Crippen LogP contribution is 2.21. The van der Waals surface area contributed by atoms with Gasteiger partial charge in [-0.05, 0) is 18.2 Å². The van der Waals surface area contributed by atoms with Crippen molar-refractivity contribution in [2.24, 2.45) is 0 Å². The van der Waals surface area contributed by atoms with E-state index < -0.39 is 5.91 Å². The zero-order valence-corrected chi connectivity index (χ0v) is 20.2. The van der Waals surface area contributed by atoms with Crippen molar-refractivity contribution < 1.29 is 19.1 Å². The fourth-order valence-electron chi connectivity index (χ4n) is 3.82. The topological polar surface area (TPSA) is 132 Å². The van der Waals surface area contributed by atoms with Gasteiger partial charge in [0.25, 0.3) is 11.8 Å². The third-order valence-corrected chi connectivity index (χ3v) is 5.84. The first-order chi connectivity index (χ1) is 17.5. The van der Waals surface area contributed by atoms with Gasteiger partial charge in [0.05, 0.1) is 25.1 Å². The molecule has 2 heterocycles. The fourth-order valence-corrected chi connectivity index (χ4v) is 3.82. The van der Waals surface area contributed by atoms with E-state index in [1.165, 1.54) is 13.2 Å². The number of hydrogen-bond donors (Lipinski definition) is 3. The van der Waals surface area contributed by atoms with Gasteiger partial charge in [-0.1, -0.05) is 30.3 Å². The summed E-state index contributed by atoms with van der Waals surface area (Å²) in [6.45, 7) is 5.04. The standard InChI is InChI=1S/C26H30N6O4/c1-28-26(34)23-24(27)29-17-21(31-23)18-6-4-7-19(15-18)25(33)30-16-20-5-2-3-8-22(20)36-14-11-32-9-12-35-13-10-32/h2-8,15,17H,9-14,16H2,1H3,(H2,27,29)(H,28,34)(H,30,33). The number of nitrogens with two attached hydrogens (primary N) is 1. The molecule has 4 rings (SSSR count). The summed E-state index contributed by atoms with van der Waals surface area (Å²) < 4.78 is 11.4. The molecule has 188 valence electrons. The van der Waals surface area contributed by atoms with Crippen LogP contribution in [0.5, 0.6) is 5.75 Å². The predicted molar refractivity (Wildman–Crippen MR) is 136 cm³/mol. The number of ether oxygens (including phenoxy) is 2. The van der Waals surface area contributed by atoms with Gasteiger partial charge in [0.15, 0.2) is 11.5 Å². The monoisotopic (exact) mass is 490 g/mol. The summed E-state index contributed by atoms with van der Waals surface area (Å²) in [6, 6.07) is 14.6. The Morgan fingerprint density at radius 1 is 1.11 bits per heavy atom. The normalized spacial score (nSPS) is 13.7. The maximum Gasteiger partial charge on any atom is 0.273 e. The predicted octanol–water partition coefficient (Wildman–Crippen LogP) is 1.73. The minimum Gasteiger partial charge on any atom is -0.492 e. The number of nitrogen functional groups attached to an aromatic ring is 1. The van der Waals surface area contributed by atoms with Crippen molar-refractivity contribution in [1.82, 2.24) is 25.5 Å². The van der Waals surface area contributed by atoms with Gasteiger partial charge in [-0.15, -0.1) is 0 Å². The van der Waals surface area contributed by atoms with E-state index in [9.17, 15) is 9.59 Å². The number of nitrogens with one attached hydrogen (secondary N) is 2. The number of anilines is 1. The van der Waals surface area contributed by atoms with Crippen LogP contribution in [0.2, 0.25) is 0 Å². The van der Waals surface area contributed by atoms with Gasteiger partial charge in [-0.2, -0.15) is 0 Å². The van der Waals surface area contributed by atoms with E-state index in [1.54, 1.807) is 24.3 Å². The third kappa shape index (κ3) is 6.35. The average Bonchev–Trinajstić information content (AvgIpc) is 2.93. The zero-order chi connectivity index (χ0) is 25.3. The number of aromatic nitrogens is 2. The third-order valence-electron chi connectivity index (χ3n) is 5.84. The Kier molecular flexibility index (Phi) is 8.43. The number of amides is 2. The van der Waals surface area contributed by atoms with E-state index >= 15 is 0 Å². The van der Waals surface area contributed by atoms with Crippen LogP contribution in [0.1, 0.15) is 26.4 Å². The number of carbonyl (C=O) groups is 2. The SMILES string of the molecule is CNC(=O)c1nc(-c2cccc(C(=O)NCc3ccccc3OCCN3CCOCC3)c2)cnc1N. The van der Waals surface area contributed by atoms with Gasteiger partial charge in [0.2, 0.25) is 0 Å². The number of rotatable bonds is 9. The van der Waals surface area contributed by atoms with E-state index in [1.807, 2.05) is 24.3 Å². The lowest BCUT2D eigenvalue weighted by molar-refractivity contribution is 0.0322. The number of carbonyl (C=O) groups excluding carboxylic acids is 2. The van der Waals surface area contributed by atoms with Gasteiger partial charge in [-0.25, -0.2) is 9.97 Å². The first-order valence-corrected chi connectivity index (χ1v) is 11.8. The summed E-state index contributed by atoms with van der Waals surface area (Å²) in [4.78, 5) is 35.6. The summed E-state index contributed by atoms with van der Waals surface area (Å²) in [7, 11) is 1.49. The highest BCUT2D eigenvalue weighted by Gasteiger charge is 2.15. The summed E-state index contributed by atoms with van der Waals surface area (Å²) in [5, 5.41) is 5.45. The molecule has 3 aromatic rings. The van der Waals surface area contributed by atoms with Crippen molar-refractivity contribution in [3.8, 4) is 17.0 Å². The Balaban J connectivity index is 1.39. The largest absolute Gasteiger partial charge is 0.492 e. The lowest BCUT2D eigenvalue weighted by atomic mass is 10.1. The lowest BCUT2D eigenvalue weighted by Gasteiger charge is -2.26. The van der Waals surface area contributed by atoms with Crippen molar-refractivity contribution in [2.45, 2.75) is 6.54 Å². The first-order valence-electron chi connectivity index (χ1n) is 11.8. The van der Waals surface area contributed by atoms with Gasteiger partial charge in [0.1, 0.15) is 12.4 Å². The molecule has 10 nitrogen and oxygen atoms in total. The van der Waals surface area contributed by atoms with Crippen LogP contribution < -0.4 is 21.1 Å². The second-order valence-electron chi connectivity index (χ2n) is 8.24. The van der Waals surface area contributed by atoms with Crippen molar-refractivity contribution in [2.75, 3.05) is 52.2 Å². The van der Waals surface area contributed by atoms with Gasteiger partial charge < -0.3 is 25.8 Å². The molecule has 2 amide bonds. The minimum absolute atomic E-state index is 0.0371. The van der Waals surface area contributed by atoms with E-state index in [0.29, 0.717) is 30.0 Å². The molecule has 2 aromatic carbocycles. The Labute approximate surface area is 209 Å². The molecule has 0 atom stereocenters. The average molecular weight is 491 g/mol. The van der Waals surface area contributed by atoms with Crippen LogP contribution in [-0.4, -0.2) is 73.2 Å². The van der Waals surface area contributed by atoms with Crippen LogP contribution in [0.4, 0.5) is 5.82 Å². The summed E-state index contributed by atoms with van der Waals surface area (Å²) >= 11 is 0. The van der Waals surface area contributed by atoms with Crippen LogP contribution in [-0.2, 0) is 11.3 Å². The number of morpholine rings is 1. The molecule has 1 aromatic heterocycles. The molecule has 0 radical (unpaired) electrons. The Hall–Kier alpha value is -4.02. The number of nitrogens with zero attached hydrogens (tertiary/aromatic N) is 3. The number of benzene rings is 2. The Morgan fingerprint density at radius 2 is 1.92 bits per heavy atom. The number of hydrogen-bond acceptors (Lipinski definition) is 8. The summed E-state index contributed by atoms with van der Waals surface area (Å²) in [6.07, 6.45) is 1.48. The first kappa shape index (κ1) is 25.1. The second kappa shape index (κ2) is 12.1. The lowest BCUT2D eigenvalue weighted by Crippen LogP contribution is -2.38. The molecule has 1 aliphatic rings.